The van der Waals surface area contributed by atoms with Gasteiger partial charge in [-0.3, -0.25) is 0 Å². The van der Waals surface area contributed by atoms with E-state index in [9.17, 15) is 5.11 Å². The van der Waals surface area contributed by atoms with E-state index in [-0.39, 0.29) is 6.10 Å². The molecule has 0 aliphatic carbocycles. The summed E-state index contributed by atoms with van der Waals surface area (Å²) in [5, 5.41) is 10.8. The SMILES string of the molecule is CC(O)Cc1cccc2ccn(C(C)C)c12. The van der Waals surface area contributed by atoms with Crippen LogP contribution in [0.25, 0.3) is 10.9 Å². The maximum atomic E-state index is 9.52. The molecule has 1 unspecified atom stereocenters. The van der Waals surface area contributed by atoms with Crippen molar-refractivity contribution in [2.75, 3.05) is 0 Å². The lowest BCUT2D eigenvalue weighted by atomic mass is 10.1. The molecule has 2 rings (SSSR count). The zero-order chi connectivity index (χ0) is 11.7. The summed E-state index contributed by atoms with van der Waals surface area (Å²) in [7, 11) is 0. The van der Waals surface area contributed by atoms with Crippen LogP contribution < -0.4 is 0 Å². The fourth-order valence-corrected chi connectivity index (χ4v) is 2.21. The van der Waals surface area contributed by atoms with Crippen LogP contribution in [-0.4, -0.2) is 15.8 Å². The first-order chi connectivity index (χ1) is 7.59. The predicted molar refractivity (Wildman–Crippen MR) is 67.7 cm³/mol. The summed E-state index contributed by atoms with van der Waals surface area (Å²) >= 11 is 0. The van der Waals surface area contributed by atoms with Crippen molar-refractivity contribution in [1.82, 2.24) is 4.57 Å². The molecule has 86 valence electrons. The van der Waals surface area contributed by atoms with Gasteiger partial charge < -0.3 is 9.67 Å². The summed E-state index contributed by atoms with van der Waals surface area (Å²) < 4.78 is 2.27. The van der Waals surface area contributed by atoms with Gasteiger partial charge in [0.05, 0.1) is 11.6 Å². The van der Waals surface area contributed by atoms with E-state index in [4.69, 9.17) is 0 Å². The molecular weight excluding hydrogens is 198 g/mol. The van der Waals surface area contributed by atoms with Gasteiger partial charge in [0.15, 0.2) is 0 Å². The fourth-order valence-electron chi connectivity index (χ4n) is 2.21. The molecular formula is C14H19NO. The van der Waals surface area contributed by atoms with E-state index in [2.05, 4.69) is 48.9 Å². The fraction of sp³-hybridized carbons (Fsp3) is 0.429. The number of aromatic nitrogens is 1. The lowest BCUT2D eigenvalue weighted by Crippen LogP contribution is -2.07. The summed E-state index contributed by atoms with van der Waals surface area (Å²) in [6.07, 6.45) is 2.55. The van der Waals surface area contributed by atoms with Crippen molar-refractivity contribution in [3.63, 3.8) is 0 Å². The second kappa shape index (κ2) is 4.30. The maximum Gasteiger partial charge on any atom is 0.0553 e. The van der Waals surface area contributed by atoms with Crippen LogP contribution in [0.5, 0.6) is 0 Å². The maximum absolute atomic E-state index is 9.52. The lowest BCUT2D eigenvalue weighted by Gasteiger charge is -2.13. The van der Waals surface area contributed by atoms with Crippen LogP contribution in [0.15, 0.2) is 30.5 Å². The minimum Gasteiger partial charge on any atom is -0.393 e. The zero-order valence-corrected chi connectivity index (χ0v) is 10.1. The van der Waals surface area contributed by atoms with E-state index < -0.39 is 0 Å². The molecule has 0 radical (unpaired) electrons. The van der Waals surface area contributed by atoms with Gasteiger partial charge >= 0.3 is 0 Å². The van der Waals surface area contributed by atoms with Crippen molar-refractivity contribution in [2.45, 2.75) is 39.3 Å². The Hall–Kier alpha value is -1.28. The Balaban J connectivity index is 2.59. The number of nitrogens with zero attached hydrogens (tertiary/aromatic N) is 1. The van der Waals surface area contributed by atoms with E-state index in [0.717, 1.165) is 0 Å². The standard InChI is InChI=1S/C14H19NO/c1-10(2)15-8-7-12-5-4-6-13(14(12)15)9-11(3)16/h4-8,10-11,16H,9H2,1-3H3. The number of rotatable bonds is 3. The predicted octanol–water partition coefficient (Wildman–Crippen LogP) is 3.15. The van der Waals surface area contributed by atoms with Gasteiger partial charge in [-0.05, 0) is 37.8 Å². The van der Waals surface area contributed by atoms with Crippen LogP contribution in [0.1, 0.15) is 32.4 Å². The second-order valence-electron chi connectivity index (χ2n) is 4.72. The van der Waals surface area contributed by atoms with E-state index >= 15 is 0 Å². The van der Waals surface area contributed by atoms with Crippen LogP contribution in [0, 0.1) is 0 Å². The molecule has 1 heterocycles. The summed E-state index contributed by atoms with van der Waals surface area (Å²) in [6.45, 7) is 6.19. The summed E-state index contributed by atoms with van der Waals surface area (Å²) in [5.74, 6) is 0. The van der Waals surface area contributed by atoms with E-state index in [1.807, 2.05) is 6.92 Å². The normalized spacial score (nSPS) is 13.6. The topological polar surface area (TPSA) is 25.2 Å². The number of aliphatic hydroxyl groups is 1. The van der Waals surface area contributed by atoms with Crippen molar-refractivity contribution < 1.29 is 5.11 Å². The van der Waals surface area contributed by atoms with Crippen molar-refractivity contribution in [2.24, 2.45) is 0 Å². The minimum atomic E-state index is -0.291. The van der Waals surface area contributed by atoms with Gasteiger partial charge in [0, 0.05) is 18.7 Å². The van der Waals surface area contributed by atoms with Gasteiger partial charge in [-0.2, -0.15) is 0 Å². The molecule has 0 spiro atoms. The molecule has 1 aromatic heterocycles. The molecule has 1 N–H and O–H groups in total. The Bertz CT molecular complexity index is 482. The molecule has 2 heteroatoms. The first-order valence-electron chi connectivity index (χ1n) is 5.86. The van der Waals surface area contributed by atoms with Gasteiger partial charge in [0.1, 0.15) is 0 Å². The van der Waals surface area contributed by atoms with Crippen molar-refractivity contribution in [3.8, 4) is 0 Å². The molecule has 0 amide bonds. The van der Waals surface area contributed by atoms with E-state index in [1.54, 1.807) is 0 Å². The van der Waals surface area contributed by atoms with Crippen LogP contribution in [0.4, 0.5) is 0 Å². The summed E-state index contributed by atoms with van der Waals surface area (Å²) in [4.78, 5) is 0. The third-order valence-electron chi connectivity index (χ3n) is 2.90. The second-order valence-corrected chi connectivity index (χ2v) is 4.72. The minimum absolute atomic E-state index is 0.291. The number of hydrogen-bond donors (Lipinski definition) is 1. The number of benzene rings is 1. The number of hydrogen-bond acceptors (Lipinski definition) is 1. The van der Waals surface area contributed by atoms with Crippen molar-refractivity contribution >= 4 is 10.9 Å². The highest BCUT2D eigenvalue weighted by atomic mass is 16.3. The third-order valence-corrected chi connectivity index (χ3v) is 2.90. The summed E-state index contributed by atoms with van der Waals surface area (Å²) in [5.41, 5.74) is 2.49. The molecule has 0 aliphatic rings. The van der Waals surface area contributed by atoms with Gasteiger partial charge in [-0.1, -0.05) is 18.2 Å². The first kappa shape index (κ1) is 11.2. The first-order valence-corrected chi connectivity index (χ1v) is 5.86. The van der Waals surface area contributed by atoms with Gasteiger partial charge in [-0.25, -0.2) is 0 Å². The van der Waals surface area contributed by atoms with Crippen molar-refractivity contribution in [1.29, 1.82) is 0 Å². The highest BCUT2D eigenvalue weighted by molar-refractivity contribution is 5.83. The molecule has 2 aromatic rings. The van der Waals surface area contributed by atoms with Crippen LogP contribution in [0.2, 0.25) is 0 Å². The molecule has 0 saturated heterocycles. The lowest BCUT2D eigenvalue weighted by molar-refractivity contribution is 0.195. The van der Waals surface area contributed by atoms with Gasteiger partial charge in [-0.15, -0.1) is 0 Å². The Labute approximate surface area is 96.5 Å². The molecule has 0 bridgehead atoms. The summed E-state index contributed by atoms with van der Waals surface area (Å²) in [6, 6.07) is 8.88. The molecule has 1 aromatic carbocycles. The molecule has 2 nitrogen and oxygen atoms in total. The number of para-hydroxylation sites is 1. The Morgan fingerprint density at radius 1 is 1.19 bits per heavy atom. The van der Waals surface area contributed by atoms with Crippen LogP contribution in [-0.2, 0) is 6.42 Å². The quantitative estimate of drug-likeness (QED) is 0.839. The Kier molecular flexibility index (Phi) is 3.01. The van der Waals surface area contributed by atoms with Crippen LogP contribution >= 0.6 is 0 Å². The highest BCUT2D eigenvalue weighted by Crippen LogP contribution is 2.24. The van der Waals surface area contributed by atoms with E-state index in [0.29, 0.717) is 12.5 Å². The average molecular weight is 217 g/mol. The van der Waals surface area contributed by atoms with Gasteiger partial charge in [0.25, 0.3) is 0 Å². The largest absolute Gasteiger partial charge is 0.393 e. The monoisotopic (exact) mass is 217 g/mol. The number of aliphatic hydroxyl groups excluding tert-OH is 1. The Morgan fingerprint density at radius 2 is 1.94 bits per heavy atom. The van der Waals surface area contributed by atoms with E-state index in [1.165, 1.54) is 16.5 Å². The molecule has 0 saturated carbocycles. The molecule has 16 heavy (non-hydrogen) atoms. The zero-order valence-electron chi connectivity index (χ0n) is 10.1. The Morgan fingerprint density at radius 3 is 2.56 bits per heavy atom. The average Bonchev–Trinajstić information content (AvgIpc) is 2.61. The molecule has 0 aliphatic heterocycles. The third kappa shape index (κ3) is 1.98. The molecule has 1 atom stereocenters. The molecule has 0 fully saturated rings. The number of fused-ring (bicyclic) bond motifs is 1. The van der Waals surface area contributed by atoms with Crippen molar-refractivity contribution in [3.05, 3.63) is 36.0 Å². The van der Waals surface area contributed by atoms with Crippen LogP contribution in [0.3, 0.4) is 0 Å². The van der Waals surface area contributed by atoms with Gasteiger partial charge in [0.2, 0.25) is 0 Å². The highest BCUT2D eigenvalue weighted by Gasteiger charge is 2.10. The smallest absolute Gasteiger partial charge is 0.0553 e.